The Kier molecular flexibility index (Phi) is 3.21. The number of aldehydes is 1. The molecule has 1 heterocycles. The van der Waals surface area contributed by atoms with Crippen LogP contribution < -0.4 is 4.74 Å². The number of methoxy groups -OCH3 is 1. The number of fused-ring (bicyclic) bond motifs is 1. The van der Waals surface area contributed by atoms with Crippen LogP contribution in [0.25, 0.3) is 11.0 Å². The summed E-state index contributed by atoms with van der Waals surface area (Å²) in [4.78, 5) is 15.6. The lowest BCUT2D eigenvalue weighted by Crippen LogP contribution is -2.04. The molecular formula is C16H14N2O2. The minimum Gasteiger partial charge on any atom is -0.497 e. The molecule has 0 spiro atoms. The van der Waals surface area contributed by atoms with Crippen molar-refractivity contribution in [2.45, 2.75) is 6.54 Å². The Hall–Kier alpha value is -2.62. The van der Waals surface area contributed by atoms with Gasteiger partial charge in [-0.25, -0.2) is 4.98 Å². The zero-order valence-corrected chi connectivity index (χ0v) is 11.1. The van der Waals surface area contributed by atoms with Gasteiger partial charge in [-0.2, -0.15) is 0 Å². The summed E-state index contributed by atoms with van der Waals surface area (Å²) in [6.45, 7) is 0.623. The SMILES string of the molecule is COc1ccc2c(c1)nc(C=O)n2Cc1ccccc1. The van der Waals surface area contributed by atoms with Crippen molar-refractivity contribution in [1.82, 2.24) is 9.55 Å². The van der Waals surface area contributed by atoms with E-state index in [1.807, 2.05) is 53.1 Å². The lowest BCUT2D eigenvalue weighted by atomic mass is 10.2. The third kappa shape index (κ3) is 2.16. The highest BCUT2D eigenvalue weighted by molar-refractivity contribution is 5.84. The van der Waals surface area contributed by atoms with Crippen LogP contribution in [0.5, 0.6) is 5.75 Å². The monoisotopic (exact) mass is 266 g/mol. The van der Waals surface area contributed by atoms with Crippen molar-refractivity contribution in [2.75, 3.05) is 7.11 Å². The van der Waals surface area contributed by atoms with Crippen molar-refractivity contribution in [3.05, 3.63) is 59.9 Å². The zero-order valence-electron chi connectivity index (χ0n) is 11.1. The molecule has 3 rings (SSSR count). The molecule has 4 nitrogen and oxygen atoms in total. The normalized spacial score (nSPS) is 10.7. The Bertz CT molecular complexity index is 748. The number of hydrogen-bond donors (Lipinski definition) is 0. The lowest BCUT2D eigenvalue weighted by Gasteiger charge is -2.06. The fourth-order valence-electron chi connectivity index (χ4n) is 2.28. The number of aromatic nitrogens is 2. The highest BCUT2D eigenvalue weighted by atomic mass is 16.5. The molecule has 0 N–H and O–H groups in total. The summed E-state index contributed by atoms with van der Waals surface area (Å²) in [7, 11) is 1.61. The van der Waals surface area contributed by atoms with Crippen molar-refractivity contribution in [3.63, 3.8) is 0 Å². The molecule has 0 saturated heterocycles. The second-order valence-electron chi connectivity index (χ2n) is 4.51. The van der Waals surface area contributed by atoms with Crippen LogP contribution >= 0.6 is 0 Å². The molecule has 0 saturated carbocycles. The average molecular weight is 266 g/mol. The van der Waals surface area contributed by atoms with Crippen molar-refractivity contribution in [1.29, 1.82) is 0 Å². The minimum absolute atomic E-state index is 0.428. The summed E-state index contributed by atoms with van der Waals surface area (Å²) in [5.41, 5.74) is 2.82. The summed E-state index contributed by atoms with van der Waals surface area (Å²) < 4.78 is 7.10. The molecule has 100 valence electrons. The lowest BCUT2D eigenvalue weighted by molar-refractivity contribution is 0.111. The number of carbonyl (C=O) groups excluding carboxylic acids is 1. The van der Waals surface area contributed by atoms with Crippen molar-refractivity contribution in [3.8, 4) is 5.75 Å². The predicted molar refractivity (Wildman–Crippen MR) is 77.2 cm³/mol. The van der Waals surface area contributed by atoms with Gasteiger partial charge in [0.05, 0.1) is 18.1 Å². The van der Waals surface area contributed by atoms with Crippen molar-refractivity contribution >= 4 is 17.3 Å². The van der Waals surface area contributed by atoms with Crippen LogP contribution in [-0.2, 0) is 6.54 Å². The molecule has 4 heteroatoms. The third-order valence-electron chi connectivity index (χ3n) is 3.27. The van der Waals surface area contributed by atoms with Gasteiger partial charge >= 0.3 is 0 Å². The molecule has 2 aromatic carbocycles. The van der Waals surface area contributed by atoms with Crippen LogP contribution in [0.15, 0.2) is 48.5 Å². The van der Waals surface area contributed by atoms with E-state index in [0.29, 0.717) is 12.4 Å². The van der Waals surface area contributed by atoms with Gasteiger partial charge in [-0.3, -0.25) is 4.79 Å². The maximum Gasteiger partial charge on any atom is 0.185 e. The first kappa shape index (κ1) is 12.4. The van der Waals surface area contributed by atoms with Crippen molar-refractivity contribution < 1.29 is 9.53 Å². The summed E-state index contributed by atoms with van der Waals surface area (Å²) in [6, 6.07) is 15.6. The third-order valence-corrected chi connectivity index (χ3v) is 3.27. The van der Waals surface area contributed by atoms with Gasteiger partial charge in [0, 0.05) is 12.6 Å². The van der Waals surface area contributed by atoms with E-state index in [1.54, 1.807) is 7.11 Å². The summed E-state index contributed by atoms with van der Waals surface area (Å²) in [5.74, 6) is 1.16. The molecule has 0 atom stereocenters. The molecule has 0 aliphatic carbocycles. The fourth-order valence-corrected chi connectivity index (χ4v) is 2.28. The molecule has 0 amide bonds. The second-order valence-corrected chi connectivity index (χ2v) is 4.51. The van der Waals surface area contributed by atoms with E-state index in [2.05, 4.69) is 4.98 Å². The molecule has 1 aromatic heterocycles. The highest BCUT2D eigenvalue weighted by Crippen LogP contribution is 2.22. The molecule has 0 fully saturated rings. The van der Waals surface area contributed by atoms with Crippen LogP contribution in [0.4, 0.5) is 0 Å². The summed E-state index contributed by atoms with van der Waals surface area (Å²) in [5, 5.41) is 0. The number of benzene rings is 2. The Balaban J connectivity index is 2.11. The molecule has 0 aliphatic heterocycles. The van der Waals surface area contributed by atoms with Crippen LogP contribution in [0.1, 0.15) is 16.2 Å². The van der Waals surface area contributed by atoms with E-state index >= 15 is 0 Å². The largest absolute Gasteiger partial charge is 0.497 e. The van der Waals surface area contributed by atoms with Crippen molar-refractivity contribution in [2.24, 2.45) is 0 Å². The zero-order chi connectivity index (χ0) is 13.9. The molecule has 0 bridgehead atoms. The highest BCUT2D eigenvalue weighted by Gasteiger charge is 2.11. The molecule has 0 aliphatic rings. The van der Waals surface area contributed by atoms with E-state index in [1.165, 1.54) is 0 Å². The maximum atomic E-state index is 11.2. The Labute approximate surface area is 116 Å². The Morgan fingerprint density at radius 2 is 2.00 bits per heavy atom. The first-order chi connectivity index (χ1) is 9.81. The van der Waals surface area contributed by atoms with Crippen LogP contribution in [0.2, 0.25) is 0 Å². The first-order valence-corrected chi connectivity index (χ1v) is 6.35. The summed E-state index contributed by atoms with van der Waals surface area (Å²) >= 11 is 0. The Morgan fingerprint density at radius 3 is 2.70 bits per heavy atom. The van der Waals surface area contributed by atoms with Crippen LogP contribution in [0.3, 0.4) is 0 Å². The van der Waals surface area contributed by atoms with Gasteiger partial charge in [-0.15, -0.1) is 0 Å². The predicted octanol–water partition coefficient (Wildman–Crippen LogP) is 2.91. The quantitative estimate of drug-likeness (QED) is 0.682. The van der Waals surface area contributed by atoms with Gasteiger partial charge < -0.3 is 9.30 Å². The van der Waals surface area contributed by atoms with Gasteiger partial charge in [-0.1, -0.05) is 30.3 Å². The molecular weight excluding hydrogens is 252 g/mol. The smallest absolute Gasteiger partial charge is 0.185 e. The van der Waals surface area contributed by atoms with E-state index in [-0.39, 0.29) is 0 Å². The summed E-state index contributed by atoms with van der Waals surface area (Å²) in [6.07, 6.45) is 0.787. The molecule has 0 radical (unpaired) electrons. The number of rotatable bonds is 4. The minimum atomic E-state index is 0.428. The van der Waals surface area contributed by atoms with Gasteiger partial charge in [0.2, 0.25) is 0 Å². The average Bonchev–Trinajstić information content (AvgIpc) is 2.85. The van der Waals surface area contributed by atoms with E-state index in [4.69, 9.17) is 4.74 Å². The number of ether oxygens (including phenoxy) is 1. The van der Waals surface area contributed by atoms with Gasteiger partial charge in [-0.05, 0) is 17.7 Å². The number of imidazole rings is 1. The topological polar surface area (TPSA) is 44.1 Å². The number of nitrogens with zero attached hydrogens (tertiary/aromatic N) is 2. The van der Waals surface area contributed by atoms with Gasteiger partial charge in [0.15, 0.2) is 12.1 Å². The van der Waals surface area contributed by atoms with Crippen LogP contribution in [-0.4, -0.2) is 22.9 Å². The van der Waals surface area contributed by atoms with Crippen LogP contribution in [0, 0.1) is 0 Å². The second kappa shape index (κ2) is 5.17. The fraction of sp³-hybridized carbons (Fsp3) is 0.125. The van der Waals surface area contributed by atoms with Gasteiger partial charge in [0.25, 0.3) is 0 Å². The molecule has 0 unspecified atom stereocenters. The molecule has 20 heavy (non-hydrogen) atoms. The number of carbonyl (C=O) groups is 1. The van der Waals surface area contributed by atoms with E-state index in [9.17, 15) is 4.79 Å². The van der Waals surface area contributed by atoms with E-state index in [0.717, 1.165) is 28.6 Å². The Morgan fingerprint density at radius 1 is 1.20 bits per heavy atom. The first-order valence-electron chi connectivity index (χ1n) is 6.35. The van der Waals surface area contributed by atoms with Gasteiger partial charge in [0.1, 0.15) is 5.75 Å². The maximum absolute atomic E-state index is 11.2. The number of hydrogen-bond acceptors (Lipinski definition) is 3. The molecule has 3 aromatic rings. The standard InChI is InChI=1S/C16H14N2O2/c1-20-13-7-8-15-14(9-13)17-16(11-19)18(15)10-12-5-3-2-4-6-12/h2-9,11H,10H2,1H3. The van der Waals surface area contributed by atoms with E-state index < -0.39 is 0 Å².